The fourth-order valence-corrected chi connectivity index (χ4v) is 3.39. The van der Waals surface area contributed by atoms with Crippen LogP contribution in [0.15, 0.2) is 53.1 Å². The summed E-state index contributed by atoms with van der Waals surface area (Å²) in [5.74, 6) is 0.667. The van der Waals surface area contributed by atoms with Crippen molar-refractivity contribution in [2.45, 2.75) is 13.1 Å². The molecule has 0 saturated carbocycles. The Labute approximate surface area is 163 Å². The Morgan fingerprint density at radius 1 is 1.15 bits per heavy atom. The number of carbonyl (C=O) groups is 1. The molecule has 6 nitrogen and oxygen atoms in total. The van der Waals surface area contributed by atoms with Gasteiger partial charge in [0.15, 0.2) is 11.5 Å². The summed E-state index contributed by atoms with van der Waals surface area (Å²) in [5, 5.41) is 12.6. The van der Waals surface area contributed by atoms with Crippen LogP contribution in [0, 0.1) is 18.3 Å². The van der Waals surface area contributed by atoms with Gasteiger partial charge in [0.05, 0.1) is 19.2 Å². The molecule has 1 aliphatic rings. The van der Waals surface area contributed by atoms with Crippen LogP contribution in [0.4, 0.5) is 5.69 Å². The predicted molar refractivity (Wildman–Crippen MR) is 106 cm³/mol. The van der Waals surface area contributed by atoms with Gasteiger partial charge in [-0.2, -0.15) is 5.26 Å². The number of anilines is 1. The number of amides is 1. The summed E-state index contributed by atoms with van der Waals surface area (Å²) >= 11 is 4.50. The number of methoxy groups -OCH3 is 2. The number of aryl methyl sites for hydroxylation is 1. The monoisotopic (exact) mass is 381 g/mol. The number of nitrogens with one attached hydrogen (secondary N) is 1. The number of thiol groups is 1. The van der Waals surface area contributed by atoms with Gasteiger partial charge in [-0.05, 0) is 42.3 Å². The first kappa shape index (κ1) is 18.7. The van der Waals surface area contributed by atoms with Crippen molar-refractivity contribution in [3.63, 3.8) is 0 Å². The van der Waals surface area contributed by atoms with E-state index < -0.39 is 12.1 Å². The maximum Gasteiger partial charge on any atom is 0.266 e. The van der Waals surface area contributed by atoms with Crippen molar-refractivity contribution in [2.75, 3.05) is 19.1 Å². The van der Waals surface area contributed by atoms with Crippen molar-refractivity contribution in [3.8, 4) is 17.6 Å². The second kappa shape index (κ2) is 7.64. The van der Waals surface area contributed by atoms with E-state index in [1.54, 1.807) is 26.4 Å². The van der Waals surface area contributed by atoms with E-state index in [1.165, 1.54) is 0 Å². The van der Waals surface area contributed by atoms with Crippen molar-refractivity contribution in [3.05, 3.63) is 64.2 Å². The number of carbonyl (C=O) groups excluding carboxylic acids is 1. The van der Waals surface area contributed by atoms with Gasteiger partial charge in [0.2, 0.25) is 0 Å². The molecule has 1 atom stereocenters. The molecule has 0 aromatic heterocycles. The molecular formula is C20H19N3O3S. The van der Waals surface area contributed by atoms with Gasteiger partial charge in [0.25, 0.3) is 5.91 Å². The smallest absolute Gasteiger partial charge is 0.266 e. The molecule has 0 saturated heterocycles. The highest BCUT2D eigenvalue weighted by atomic mass is 32.1. The van der Waals surface area contributed by atoms with Gasteiger partial charge < -0.3 is 19.7 Å². The minimum absolute atomic E-state index is 0.0310. The predicted octanol–water partition coefficient (Wildman–Crippen LogP) is 3.31. The molecule has 7 heteroatoms. The van der Waals surface area contributed by atoms with E-state index in [0.717, 1.165) is 16.8 Å². The summed E-state index contributed by atoms with van der Waals surface area (Å²) in [5.41, 5.74) is 2.60. The second-order valence-electron chi connectivity index (χ2n) is 6.01. The molecule has 1 heterocycles. The lowest BCUT2D eigenvalue weighted by atomic mass is 10.1. The minimum atomic E-state index is -0.552. The third-order valence-electron chi connectivity index (χ3n) is 4.32. The second-order valence-corrected chi connectivity index (χ2v) is 6.43. The average molecular weight is 381 g/mol. The van der Waals surface area contributed by atoms with Crippen LogP contribution >= 0.6 is 12.6 Å². The van der Waals surface area contributed by atoms with Crippen LogP contribution in [0.1, 0.15) is 17.3 Å². The van der Waals surface area contributed by atoms with Crippen LogP contribution in [-0.2, 0) is 4.79 Å². The number of rotatable bonds is 4. The maximum absolute atomic E-state index is 12.4. The topological polar surface area (TPSA) is 74.6 Å². The van der Waals surface area contributed by atoms with E-state index in [9.17, 15) is 10.1 Å². The number of hydrogen-bond donors (Lipinski definition) is 2. The quantitative estimate of drug-likeness (QED) is 0.795. The zero-order valence-corrected chi connectivity index (χ0v) is 16.1. The molecule has 0 aliphatic carbocycles. The zero-order chi connectivity index (χ0) is 19.6. The molecular weight excluding hydrogens is 362 g/mol. The standard InChI is InChI=1S/C20H19N3O3S/c1-12-5-4-6-14(9-12)23-18(22-19(24)15(11-21)20(23)27)13-7-8-16(25-2)17(10-13)26-3/h4-10,18,27H,1-3H3,(H,22,24)/t18-/m0/s1. The Hall–Kier alpha value is -3.11. The average Bonchev–Trinajstić information content (AvgIpc) is 2.67. The van der Waals surface area contributed by atoms with Gasteiger partial charge in [-0.15, -0.1) is 12.6 Å². The van der Waals surface area contributed by atoms with Crippen LogP contribution in [0.5, 0.6) is 11.5 Å². The Morgan fingerprint density at radius 3 is 2.52 bits per heavy atom. The van der Waals surface area contributed by atoms with E-state index in [1.807, 2.05) is 48.2 Å². The molecule has 3 rings (SSSR count). The first-order chi connectivity index (χ1) is 13.0. The Bertz CT molecular complexity index is 965. The van der Waals surface area contributed by atoms with E-state index in [0.29, 0.717) is 16.5 Å². The zero-order valence-electron chi connectivity index (χ0n) is 15.2. The van der Waals surface area contributed by atoms with Crippen molar-refractivity contribution >= 4 is 24.2 Å². The van der Waals surface area contributed by atoms with E-state index in [-0.39, 0.29) is 5.57 Å². The summed E-state index contributed by atoms with van der Waals surface area (Å²) in [6, 6.07) is 15.1. The normalized spacial score (nSPS) is 16.6. The third-order valence-corrected chi connectivity index (χ3v) is 4.76. The lowest BCUT2D eigenvalue weighted by Crippen LogP contribution is -2.46. The van der Waals surface area contributed by atoms with Crippen molar-refractivity contribution in [2.24, 2.45) is 0 Å². The first-order valence-corrected chi connectivity index (χ1v) is 8.67. The Kier molecular flexibility index (Phi) is 5.28. The lowest BCUT2D eigenvalue weighted by Gasteiger charge is -2.38. The molecule has 1 N–H and O–H groups in total. The van der Waals surface area contributed by atoms with Crippen molar-refractivity contribution < 1.29 is 14.3 Å². The molecule has 138 valence electrons. The van der Waals surface area contributed by atoms with Crippen molar-refractivity contribution in [1.82, 2.24) is 5.32 Å². The Balaban J connectivity index is 2.17. The van der Waals surface area contributed by atoms with Crippen LogP contribution in [0.3, 0.4) is 0 Å². The van der Waals surface area contributed by atoms with E-state index in [4.69, 9.17) is 9.47 Å². The minimum Gasteiger partial charge on any atom is -0.493 e. The number of hydrogen-bond acceptors (Lipinski definition) is 6. The summed E-state index contributed by atoms with van der Waals surface area (Å²) in [6.07, 6.45) is -0.552. The van der Waals surface area contributed by atoms with Gasteiger partial charge in [-0.1, -0.05) is 18.2 Å². The van der Waals surface area contributed by atoms with Gasteiger partial charge in [-0.3, -0.25) is 4.79 Å². The number of ether oxygens (including phenoxy) is 2. The van der Waals surface area contributed by atoms with Crippen LogP contribution < -0.4 is 19.7 Å². The van der Waals surface area contributed by atoms with Gasteiger partial charge >= 0.3 is 0 Å². The van der Waals surface area contributed by atoms with E-state index in [2.05, 4.69) is 17.9 Å². The maximum atomic E-state index is 12.4. The molecule has 1 amide bonds. The van der Waals surface area contributed by atoms with E-state index >= 15 is 0 Å². The fraction of sp³-hybridized carbons (Fsp3) is 0.200. The molecule has 27 heavy (non-hydrogen) atoms. The van der Waals surface area contributed by atoms with Gasteiger partial charge in [0, 0.05) is 5.69 Å². The molecule has 0 radical (unpaired) electrons. The summed E-state index contributed by atoms with van der Waals surface area (Å²) in [6.45, 7) is 1.98. The highest BCUT2D eigenvalue weighted by molar-refractivity contribution is 7.84. The molecule has 0 spiro atoms. The molecule has 2 aromatic rings. The third kappa shape index (κ3) is 3.44. The van der Waals surface area contributed by atoms with Crippen LogP contribution in [0.2, 0.25) is 0 Å². The molecule has 0 unspecified atom stereocenters. The number of benzene rings is 2. The van der Waals surface area contributed by atoms with Gasteiger partial charge in [0.1, 0.15) is 17.8 Å². The molecule has 2 aromatic carbocycles. The lowest BCUT2D eigenvalue weighted by molar-refractivity contribution is -0.118. The largest absolute Gasteiger partial charge is 0.493 e. The first-order valence-electron chi connectivity index (χ1n) is 8.22. The Morgan fingerprint density at radius 2 is 1.89 bits per heavy atom. The highest BCUT2D eigenvalue weighted by Gasteiger charge is 2.34. The van der Waals surface area contributed by atoms with Gasteiger partial charge in [-0.25, -0.2) is 0 Å². The van der Waals surface area contributed by atoms with Crippen LogP contribution in [-0.4, -0.2) is 20.1 Å². The van der Waals surface area contributed by atoms with Crippen LogP contribution in [0.25, 0.3) is 0 Å². The van der Waals surface area contributed by atoms with Crippen molar-refractivity contribution in [1.29, 1.82) is 5.26 Å². The number of nitriles is 1. The summed E-state index contributed by atoms with van der Waals surface area (Å²) < 4.78 is 10.7. The fourth-order valence-electron chi connectivity index (χ4n) is 3.01. The summed E-state index contributed by atoms with van der Waals surface area (Å²) in [4.78, 5) is 14.2. The molecule has 1 aliphatic heterocycles. The molecule has 0 fully saturated rings. The highest BCUT2D eigenvalue weighted by Crippen LogP contribution is 2.38. The SMILES string of the molecule is COc1ccc([C@H]2NC(=O)C(C#N)=C(S)N2c2cccc(C)c2)cc1OC. The molecule has 0 bridgehead atoms. The number of nitrogens with zero attached hydrogens (tertiary/aromatic N) is 2. The summed E-state index contributed by atoms with van der Waals surface area (Å²) in [7, 11) is 3.11.